The lowest BCUT2D eigenvalue weighted by Gasteiger charge is -2.32. The third-order valence-electron chi connectivity index (χ3n) is 3.78. The molecule has 1 fully saturated rings. The van der Waals surface area contributed by atoms with Crippen molar-refractivity contribution in [3.8, 4) is 0 Å². The van der Waals surface area contributed by atoms with Gasteiger partial charge in [0, 0.05) is 32.6 Å². The molecule has 92 valence electrons. The molecule has 3 heterocycles. The summed E-state index contributed by atoms with van der Waals surface area (Å²) in [6.07, 6.45) is 3.63. The van der Waals surface area contributed by atoms with Crippen LogP contribution >= 0.6 is 0 Å². The zero-order valence-electron chi connectivity index (χ0n) is 10.4. The van der Waals surface area contributed by atoms with Crippen LogP contribution in [0.25, 0.3) is 0 Å². The van der Waals surface area contributed by atoms with E-state index in [2.05, 4.69) is 33.4 Å². The Morgan fingerprint density at radius 3 is 3.24 bits per heavy atom. The molecule has 1 aromatic rings. The quantitative estimate of drug-likeness (QED) is 0.794. The van der Waals surface area contributed by atoms with E-state index in [0.29, 0.717) is 0 Å². The molecule has 1 N–H and O–H groups in total. The van der Waals surface area contributed by atoms with Gasteiger partial charge in [0.15, 0.2) is 5.82 Å². The second-order valence-corrected chi connectivity index (χ2v) is 5.29. The third-order valence-corrected chi connectivity index (χ3v) is 3.78. The van der Waals surface area contributed by atoms with E-state index in [1.165, 1.54) is 24.1 Å². The number of piperidine rings is 1. The zero-order chi connectivity index (χ0) is 11.7. The molecule has 2 aliphatic heterocycles. The van der Waals surface area contributed by atoms with Gasteiger partial charge in [-0.05, 0) is 30.4 Å². The molecule has 0 amide bonds. The van der Waals surface area contributed by atoms with Gasteiger partial charge in [0.25, 0.3) is 0 Å². The monoisotopic (exact) mass is 232 g/mol. The molecule has 0 bridgehead atoms. The number of hydrogen-bond acceptors (Lipinski definition) is 4. The number of aromatic nitrogens is 2. The number of rotatable bonds is 1. The van der Waals surface area contributed by atoms with E-state index in [0.717, 1.165) is 44.3 Å². The molecular weight excluding hydrogens is 212 g/mol. The Morgan fingerprint density at radius 2 is 2.35 bits per heavy atom. The third kappa shape index (κ3) is 2.27. The van der Waals surface area contributed by atoms with Gasteiger partial charge in [-0.1, -0.05) is 6.92 Å². The van der Waals surface area contributed by atoms with E-state index in [1.54, 1.807) is 0 Å². The Hall–Kier alpha value is -1.16. The first-order valence-electron chi connectivity index (χ1n) is 6.64. The first-order valence-corrected chi connectivity index (χ1v) is 6.64. The van der Waals surface area contributed by atoms with Gasteiger partial charge in [0.05, 0.1) is 5.69 Å². The van der Waals surface area contributed by atoms with Crippen molar-refractivity contribution in [3.05, 3.63) is 17.3 Å². The van der Waals surface area contributed by atoms with Crippen molar-refractivity contribution in [1.82, 2.24) is 15.5 Å². The summed E-state index contributed by atoms with van der Waals surface area (Å²) in [7, 11) is 0. The maximum atomic E-state index is 4.40. The second kappa shape index (κ2) is 4.61. The standard InChI is InChI=1S/C13H20N4/c1-10-3-2-6-17(9-10)13-7-11-8-14-5-4-12(11)15-16-13/h7,10,14H,2-6,8-9H2,1H3. The van der Waals surface area contributed by atoms with Crippen LogP contribution in [0.2, 0.25) is 0 Å². The molecule has 2 aliphatic rings. The van der Waals surface area contributed by atoms with Crippen molar-refractivity contribution in [2.75, 3.05) is 24.5 Å². The van der Waals surface area contributed by atoms with Crippen LogP contribution < -0.4 is 10.2 Å². The van der Waals surface area contributed by atoms with Crippen molar-refractivity contribution < 1.29 is 0 Å². The van der Waals surface area contributed by atoms with Gasteiger partial charge in [0.2, 0.25) is 0 Å². The maximum absolute atomic E-state index is 4.40. The smallest absolute Gasteiger partial charge is 0.151 e. The van der Waals surface area contributed by atoms with E-state index < -0.39 is 0 Å². The summed E-state index contributed by atoms with van der Waals surface area (Å²) in [5.74, 6) is 1.85. The van der Waals surface area contributed by atoms with Crippen LogP contribution in [0.3, 0.4) is 0 Å². The van der Waals surface area contributed by atoms with Gasteiger partial charge in [-0.2, -0.15) is 5.10 Å². The number of anilines is 1. The second-order valence-electron chi connectivity index (χ2n) is 5.29. The first-order chi connectivity index (χ1) is 8.33. The summed E-state index contributed by atoms with van der Waals surface area (Å²) in [5, 5.41) is 12.2. The fourth-order valence-corrected chi connectivity index (χ4v) is 2.79. The van der Waals surface area contributed by atoms with Crippen LogP contribution in [0.5, 0.6) is 0 Å². The van der Waals surface area contributed by atoms with Crippen molar-refractivity contribution in [1.29, 1.82) is 0 Å². The SMILES string of the molecule is CC1CCCN(c2cc3c(nn2)CCNC3)C1. The fourth-order valence-electron chi connectivity index (χ4n) is 2.79. The number of fused-ring (bicyclic) bond motifs is 1. The van der Waals surface area contributed by atoms with E-state index in [4.69, 9.17) is 0 Å². The van der Waals surface area contributed by atoms with Crippen molar-refractivity contribution in [2.45, 2.75) is 32.7 Å². The lowest BCUT2D eigenvalue weighted by Crippen LogP contribution is -2.35. The zero-order valence-corrected chi connectivity index (χ0v) is 10.4. The highest BCUT2D eigenvalue weighted by molar-refractivity contribution is 5.42. The first kappa shape index (κ1) is 11.0. The van der Waals surface area contributed by atoms with Gasteiger partial charge in [-0.25, -0.2) is 0 Å². The summed E-state index contributed by atoms with van der Waals surface area (Å²) in [6.45, 7) is 6.55. The van der Waals surface area contributed by atoms with Gasteiger partial charge in [0.1, 0.15) is 0 Å². The predicted molar refractivity (Wildman–Crippen MR) is 68.1 cm³/mol. The summed E-state index contributed by atoms with van der Waals surface area (Å²) >= 11 is 0. The lowest BCUT2D eigenvalue weighted by atomic mass is 10.00. The topological polar surface area (TPSA) is 41.1 Å². The van der Waals surface area contributed by atoms with Gasteiger partial charge < -0.3 is 10.2 Å². The summed E-state index contributed by atoms with van der Waals surface area (Å²) in [4.78, 5) is 2.38. The largest absolute Gasteiger partial charge is 0.355 e. The van der Waals surface area contributed by atoms with E-state index in [-0.39, 0.29) is 0 Å². The van der Waals surface area contributed by atoms with Crippen LogP contribution in [0.15, 0.2) is 6.07 Å². The lowest BCUT2D eigenvalue weighted by molar-refractivity contribution is 0.443. The van der Waals surface area contributed by atoms with E-state index in [9.17, 15) is 0 Å². The molecule has 1 unspecified atom stereocenters. The molecular formula is C13H20N4. The number of nitrogens with zero attached hydrogens (tertiary/aromatic N) is 3. The Balaban J connectivity index is 1.83. The average molecular weight is 232 g/mol. The van der Waals surface area contributed by atoms with Crippen LogP contribution in [-0.4, -0.2) is 29.8 Å². The van der Waals surface area contributed by atoms with Crippen LogP contribution in [0.4, 0.5) is 5.82 Å². The Labute approximate surface area is 102 Å². The maximum Gasteiger partial charge on any atom is 0.151 e. The summed E-state index contributed by atoms with van der Waals surface area (Å²) < 4.78 is 0. The van der Waals surface area contributed by atoms with Crippen LogP contribution in [0.1, 0.15) is 31.0 Å². The van der Waals surface area contributed by atoms with Crippen LogP contribution in [0, 0.1) is 5.92 Å². The summed E-state index contributed by atoms with van der Waals surface area (Å²) in [5.41, 5.74) is 2.51. The molecule has 17 heavy (non-hydrogen) atoms. The van der Waals surface area contributed by atoms with Crippen molar-refractivity contribution in [2.24, 2.45) is 5.92 Å². The highest BCUT2D eigenvalue weighted by atomic mass is 15.3. The minimum absolute atomic E-state index is 0.778. The minimum atomic E-state index is 0.778. The molecule has 4 heteroatoms. The summed E-state index contributed by atoms with van der Waals surface area (Å²) in [6, 6.07) is 2.23. The van der Waals surface area contributed by atoms with E-state index in [1.807, 2.05) is 0 Å². The molecule has 0 aromatic carbocycles. The highest BCUT2D eigenvalue weighted by Crippen LogP contribution is 2.23. The van der Waals surface area contributed by atoms with Gasteiger partial charge >= 0.3 is 0 Å². The Kier molecular flexibility index (Phi) is 2.97. The van der Waals surface area contributed by atoms with Gasteiger partial charge in [-0.15, -0.1) is 5.10 Å². The molecule has 3 rings (SSSR count). The molecule has 4 nitrogen and oxygen atoms in total. The van der Waals surface area contributed by atoms with E-state index >= 15 is 0 Å². The Bertz CT molecular complexity index is 404. The molecule has 1 aromatic heterocycles. The van der Waals surface area contributed by atoms with Crippen molar-refractivity contribution in [3.63, 3.8) is 0 Å². The molecule has 1 saturated heterocycles. The predicted octanol–water partition coefficient (Wildman–Crippen LogP) is 1.36. The van der Waals surface area contributed by atoms with Gasteiger partial charge in [-0.3, -0.25) is 0 Å². The molecule has 0 aliphatic carbocycles. The average Bonchev–Trinajstić information content (AvgIpc) is 2.38. The molecule has 0 saturated carbocycles. The number of hydrogen-bond donors (Lipinski definition) is 1. The fraction of sp³-hybridized carbons (Fsp3) is 0.692. The number of nitrogens with one attached hydrogen (secondary N) is 1. The normalized spacial score (nSPS) is 24.5. The van der Waals surface area contributed by atoms with Crippen molar-refractivity contribution >= 4 is 5.82 Å². The molecule has 1 atom stereocenters. The Morgan fingerprint density at radius 1 is 1.41 bits per heavy atom. The highest BCUT2D eigenvalue weighted by Gasteiger charge is 2.19. The molecule has 0 spiro atoms. The molecule has 0 radical (unpaired) electrons. The van der Waals surface area contributed by atoms with Crippen LogP contribution in [-0.2, 0) is 13.0 Å². The minimum Gasteiger partial charge on any atom is -0.355 e.